The number of likely N-dealkylation sites (N-methyl/N-ethyl adjacent to an activating group) is 1. The fourth-order valence-corrected chi connectivity index (χ4v) is 2.75. The maximum absolute atomic E-state index is 12.5. The van der Waals surface area contributed by atoms with Gasteiger partial charge in [0.1, 0.15) is 6.04 Å². The van der Waals surface area contributed by atoms with Crippen molar-refractivity contribution in [1.82, 2.24) is 20.0 Å². The molecular formula is C14H24N4O4. The quantitative estimate of drug-likeness (QED) is 0.612. The van der Waals surface area contributed by atoms with Gasteiger partial charge < -0.3 is 19.9 Å². The maximum Gasteiger partial charge on any atom is 0.308 e. The average Bonchev–Trinajstić information content (AvgIpc) is 2.51. The number of ether oxygens (including phenoxy) is 1. The van der Waals surface area contributed by atoms with Crippen LogP contribution in [0.4, 0.5) is 0 Å². The van der Waals surface area contributed by atoms with Crippen molar-refractivity contribution in [3.05, 3.63) is 0 Å². The fourth-order valence-electron chi connectivity index (χ4n) is 2.75. The first-order valence-corrected chi connectivity index (χ1v) is 7.56. The molecule has 1 atom stereocenters. The molecule has 2 fully saturated rings. The highest BCUT2D eigenvalue weighted by Crippen LogP contribution is 2.11. The van der Waals surface area contributed by atoms with Crippen molar-refractivity contribution >= 4 is 17.8 Å². The molecule has 0 bridgehead atoms. The first kappa shape index (κ1) is 16.7. The first-order valence-electron chi connectivity index (χ1n) is 7.56. The monoisotopic (exact) mass is 312 g/mol. The molecule has 8 heteroatoms. The van der Waals surface area contributed by atoms with Crippen LogP contribution in [0.3, 0.4) is 0 Å². The minimum absolute atomic E-state index is 0.100. The summed E-state index contributed by atoms with van der Waals surface area (Å²) in [7, 11) is 3.33. The number of hydrogen-bond acceptors (Lipinski definition) is 6. The van der Waals surface area contributed by atoms with Crippen LogP contribution in [0.25, 0.3) is 0 Å². The highest BCUT2D eigenvalue weighted by atomic mass is 16.5. The van der Waals surface area contributed by atoms with Crippen LogP contribution in [0.1, 0.15) is 6.42 Å². The van der Waals surface area contributed by atoms with Crippen LogP contribution >= 0.6 is 0 Å². The number of rotatable bonds is 4. The second kappa shape index (κ2) is 7.55. The smallest absolute Gasteiger partial charge is 0.308 e. The molecule has 0 spiro atoms. The van der Waals surface area contributed by atoms with Crippen molar-refractivity contribution in [3.63, 3.8) is 0 Å². The Morgan fingerprint density at radius 1 is 1.23 bits per heavy atom. The number of piperazine rings is 2. The van der Waals surface area contributed by atoms with Crippen LogP contribution in [0.15, 0.2) is 0 Å². The molecule has 2 aliphatic rings. The van der Waals surface area contributed by atoms with Gasteiger partial charge in [-0.15, -0.1) is 0 Å². The van der Waals surface area contributed by atoms with E-state index in [0.717, 1.165) is 26.2 Å². The lowest BCUT2D eigenvalue weighted by Crippen LogP contribution is -2.60. The minimum Gasteiger partial charge on any atom is -0.469 e. The van der Waals surface area contributed by atoms with Crippen LogP contribution in [0.5, 0.6) is 0 Å². The fraction of sp³-hybridized carbons (Fsp3) is 0.786. The first-order chi connectivity index (χ1) is 10.5. The maximum atomic E-state index is 12.5. The van der Waals surface area contributed by atoms with Crippen LogP contribution in [0.2, 0.25) is 0 Å². The number of methoxy groups -OCH3 is 1. The van der Waals surface area contributed by atoms with Crippen LogP contribution in [-0.2, 0) is 19.1 Å². The van der Waals surface area contributed by atoms with Gasteiger partial charge in [0.15, 0.2) is 0 Å². The highest BCUT2D eigenvalue weighted by molar-refractivity contribution is 5.92. The Hall–Kier alpha value is -1.67. The number of carbonyl (C=O) groups is 3. The zero-order chi connectivity index (χ0) is 16.1. The van der Waals surface area contributed by atoms with E-state index in [1.807, 2.05) is 0 Å². The van der Waals surface area contributed by atoms with E-state index in [2.05, 4.69) is 26.9 Å². The predicted octanol–water partition coefficient (Wildman–Crippen LogP) is -1.88. The van der Waals surface area contributed by atoms with E-state index in [4.69, 9.17) is 0 Å². The van der Waals surface area contributed by atoms with Gasteiger partial charge in [0.25, 0.3) is 0 Å². The van der Waals surface area contributed by atoms with Crippen molar-refractivity contribution in [2.45, 2.75) is 12.5 Å². The molecule has 0 aromatic carbocycles. The Morgan fingerprint density at radius 2 is 1.91 bits per heavy atom. The van der Waals surface area contributed by atoms with Gasteiger partial charge in [-0.25, -0.2) is 0 Å². The lowest BCUT2D eigenvalue weighted by Gasteiger charge is -2.37. The third kappa shape index (κ3) is 4.17. The molecule has 0 aromatic heterocycles. The van der Waals surface area contributed by atoms with E-state index in [0.29, 0.717) is 19.6 Å². The summed E-state index contributed by atoms with van der Waals surface area (Å²) in [6.45, 7) is 4.68. The summed E-state index contributed by atoms with van der Waals surface area (Å²) in [5, 5.41) is 2.69. The van der Waals surface area contributed by atoms with E-state index in [1.54, 1.807) is 0 Å². The molecule has 124 valence electrons. The lowest BCUT2D eigenvalue weighted by molar-refractivity contribution is -0.150. The van der Waals surface area contributed by atoms with Gasteiger partial charge in [-0.3, -0.25) is 19.3 Å². The molecule has 0 unspecified atom stereocenters. The van der Waals surface area contributed by atoms with Gasteiger partial charge in [0, 0.05) is 39.3 Å². The standard InChI is InChI=1S/C14H24N4O4/c1-16-5-7-17(8-6-16)10-12(19)18-4-3-15-14(21)11(18)9-13(20)22-2/h11H,3-10H2,1-2H3,(H,15,21)/t11-/m0/s1. The van der Waals surface area contributed by atoms with Gasteiger partial charge in [-0.1, -0.05) is 0 Å². The van der Waals surface area contributed by atoms with Gasteiger partial charge in [-0.2, -0.15) is 0 Å². The van der Waals surface area contributed by atoms with E-state index in [1.165, 1.54) is 12.0 Å². The molecule has 2 heterocycles. The zero-order valence-electron chi connectivity index (χ0n) is 13.2. The Labute approximate surface area is 130 Å². The van der Waals surface area contributed by atoms with Crippen molar-refractivity contribution < 1.29 is 19.1 Å². The summed E-state index contributed by atoms with van der Waals surface area (Å²) >= 11 is 0. The number of hydrogen-bond donors (Lipinski definition) is 1. The third-order valence-electron chi connectivity index (χ3n) is 4.19. The Balaban J connectivity index is 1.95. The SMILES string of the molecule is COC(=O)C[C@H]1C(=O)NCCN1C(=O)CN1CCN(C)CC1. The minimum atomic E-state index is -0.763. The number of esters is 1. The highest BCUT2D eigenvalue weighted by Gasteiger charge is 2.35. The van der Waals surface area contributed by atoms with Crippen LogP contribution < -0.4 is 5.32 Å². The van der Waals surface area contributed by atoms with Crippen molar-refractivity contribution in [1.29, 1.82) is 0 Å². The Morgan fingerprint density at radius 3 is 2.55 bits per heavy atom. The molecule has 2 amide bonds. The molecule has 8 nitrogen and oxygen atoms in total. The Bertz CT molecular complexity index is 435. The van der Waals surface area contributed by atoms with E-state index in [9.17, 15) is 14.4 Å². The Kier molecular flexibility index (Phi) is 5.73. The van der Waals surface area contributed by atoms with E-state index < -0.39 is 12.0 Å². The van der Waals surface area contributed by atoms with Crippen molar-refractivity contribution in [3.8, 4) is 0 Å². The molecule has 0 radical (unpaired) electrons. The number of nitrogens with one attached hydrogen (secondary N) is 1. The molecular weight excluding hydrogens is 288 g/mol. The van der Waals surface area contributed by atoms with Crippen LogP contribution in [0, 0.1) is 0 Å². The number of amides is 2. The third-order valence-corrected chi connectivity index (χ3v) is 4.19. The van der Waals surface area contributed by atoms with Crippen molar-refractivity contribution in [2.75, 3.05) is 60.0 Å². The molecule has 1 N–H and O–H groups in total. The normalized spacial score (nSPS) is 24.0. The van der Waals surface area contributed by atoms with Gasteiger partial charge in [0.05, 0.1) is 20.1 Å². The predicted molar refractivity (Wildman–Crippen MR) is 79.1 cm³/mol. The second-order valence-corrected chi connectivity index (χ2v) is 5.75. The van der Waals surface area contributed by atoms with Gasteiger partial charge in [0.2, 0.25) is 11.8 Å². The second-order valence-electron chi connectivity index (χ2n) is 5.75. The van der Waals surface area contributed by atoms with E-state index in [-0.39, 0.29) is 18.2 Å². The van der Waals surface area contributed by atoms with Crippen molar-refractivity contribution in [2.24, 2.45) is 0 Å². The molecule has 0 saturated carbocycles. The molecule has 0 aliphatic carbocycles. The lowest BCUT2D eigenvalue weighted by atomic mass is 10.1. The molecule has 2 aliphatic heterocycles. The summed E-state index contributed by atoms with van der Waals surface area (Å²) in [5.41, 5.74) is 0. The number of carbonyl (C=O) groups excluding carboxylic acids is 3. The topological polar surface area (TPSA) is 82.2 Å². The molecule has 22 heavy (non-hydrogen) atoms. The summed E-state index contributed by atoms with van der Waals surface area (Å²) in [5.74, 6) is -0.879. The summed E-state index contributed by atoms with van der Waals surface area (Å²) in [4.78, 5) is 41.8. The van der Waals surface area contributed by atoms with E-state index >= 15 is 0 Å². The molecule has 2 saturated heterocycles. The van der Waals surface area contributed by atoms with Gasteiger partial charge in [-0.05, 0) is 7.05 Å². The zero-order valence-corrected chi connectivity index (χ0v) is 13.2. The number of nitrogens with zero attached hydrogens (tertiary/aromatic N) is 3. The van der Waals surface area contributed by atoms with Crippen LogP contribution in [-0.4, -0.2) is 98.5 Å². The summed E-state index contributed by atoms with van der Waals surface area (Å²) < 4.78 is 4.62. The average molecular weight is 312 g/mol. The summed E-state index contributed by atoms with van der Waals surface area (Å²) in [6, 6.07) is -0.763. The molecule has 0 aromatic rings. The van der Waals surface area contributed by atoms with Gasteiger partial charge >= 0.3 is 5.97 Å². The summed E-state index contributed by atoms with van der Waals surface area (Å²) in [6.07, 6.45) is -0.100. The molecule has 2 rings (SSSR count). The largest absolute Gasteiger partial charge is 0.469 e.